The van der Waals surface area contributed by atoms with Crippen molar-refractivity contribution in [2.75, 3.05) is 20.1 Å². The first-order chi connectivity index (χ1) is 7.24. The number of benzene rings is 1. The summed E-state index contributed by atoms with van der Waals surface area (Å²) in [6, 6.07) is 7.96. The topological polar surface area (TPSA) is 41.1 Å². The zero-order chi connectivity index (χ0) is 11.1. The summed E-state index contributed by atoms with van der Waals surface area (Å²) < 4.78 is 0. The Bertz CT molecular complexity index is 323. The zero-order valence-electron chi connectivity index (χ0n) is 9.34. The first-order valence-corrected chi connectivity index (χ1v) is 5.20. The van der Waals surface area contributed by atoms with Gasteiger partial charge < -0.3 is 10.6 Å². The third kappa shape index (κ3) is 4.13. The van der Waals surface area contributed by atoms with Crippen LogP contribution in [0.3, 0.4) is 0 Å². The highest BCUT2D eigenvalue weighted by atomic mass is 16.1. The van der Waals surface area contributed by atoms with Crippen molar-refractivity contribution in [1.29, 1.82) is 0 Å². The molecule has 0 fully saturated rings. The summed E-state index contributed by atoms with van der Waals surface area (Å²) in [6.45, 7) is 3.51. The molecule has 3 nitrogen and oxygen atoms in total. The standard InChI is InChI=1S/C12H18N2O/c1-10-5-3-4-6-11(10)9-12(15)14-8-7-13-2/h3-6,13H,7-9H2,1-2H3,(H,14,15). The molecule has 0 heterocycles. The summed E-state index contributed by atoms with van der Waals surface area (Å²) in [4.78, 5) is 11.5. The first kappa shape index (κ1) is 11.7. The van der Waals surface area contributed by atoms with Crippen LogP contribution in [0.15, 0.2) is 24.3 Å². The van der Waals surface area contributed by atoms with E-state index in [4.69, 9.17) is 0 Å². The van der Waals surface area contributed by atoms with Crippen LogP contribution >= 0.6 is 0 Å². The fourth-order valence-electron chi connectivity index (χ4n) is 1.37. The average Bonchev–Trinajstić information content (AvgIpc) is 2.22. The highest BCUT2D eigenvalue weighted by Crippen LogP contribution is 2.07. The van der Waals surface area contributed by atoms with Crippen LogP contribution in [0.5, 0.6) is 0 Å². The van der Waals surface area contributed by atoms with E-state index in [-0.39, 0.29) is 5.91 Å². The molecule has 0 aliphatic carbocycles. The number of amides is 1. The molecule has 0 bridgehead atoms. The summed E-state index contributed by atoms with van der Waals surface area (Å²) in [6.07, 6.45) is 0.469. The van der Waals surface area contributed by atoms with Crippen molar-refractivity contribution in [3.05, 3.63) is 35.4 Å². The van der Waals surface area contributed by atoms with Crippen molar-refractivity contribution in [2.45, 2.75) is 13.3 Å². The van der Waals surface area contributed by atoms with Crippen molar-refractivity contribution in [2.24, 2.45) is 0 Å². The molecule has 1 rings (SSSR count). The van der Waals surface area contributed by atoms with Gasteiger partial charge in [-0.25, -0.2) is 0 Å². The molecule has 1 amide bonds. The van der Waals surface area contributed by atoms with Crippen LogP contribution in [0, 0.1) is 6.92 Å². The molecule has 82 valence electrons. The second-order valence-electron chi connectivity index (χ2n) is 3.56. The predicted molar refractivity (Wildman–Crippen MR) is 61.8 cm³/mol. The predicted octanol–water partition coefficient (Wildman–Crippen LogP) is 0.873. The lowest BCUT2D eigenvalue weighted by Gasteiger charge is -2.06. The van der Waals surface area contributed by atoms with Gasteiger partial charge in [0.05, 0.1) is 6.42 Å². The van der Waals surface area contributed by atoms with E-state index >= 15 is 0 Å². The van der Waals surface area contributed by atoms with Crippen LogP contribution < -0.4 is 10.6 Å². The Hall–Kier alpha value is -1.35. The Kier molecular flexibility index (Phi) is 4.84. The molecule has 0 atom stereocenters. The molecule has 0 spiro atoms. The van der Waals surface area contributed by atoms with Crippen LogP contribution in [-0.2, 0) is 11.2 Å². The molecule has 0 aliphatic heterocycles. The van der Waals surface area contributed by atoms with Gasteiger partial charge in [0, 0.05) is 13.1 Å². The maximum absolute atomic E-state index is 11.5. The van der Waals surface area contributed by atoms with Crippen molar-refractivity contribution in [3.63, 3.8) is 0 Å². The lowest BCUT2D eigenvalue weighted by Crippen LogP contribution is -2.31. The van der Waals surface area contributed by atoms with E-state index in [9.17, 15) is 4.79 Å². The minimum absolute atomic E-state index is 0.0829. The second-order valence-corrected chi connectivity index (χ2v) is 3.56. The van der Waals surface area contributed by atoms with Crippen LogP contribution in [0.2, 0.25) is 0 Å². The Morgan fingerprint density at radius 3 is 2.67 bits per heavy atom. The molecule has 0 saturated carbocycles. The van der Waals surface area contributed by atoms with Gasteiger partial charge in [-0.15, -0.1) is 0 Å². The van der Waals surface area contributed by atoms with E-state index < -0.39 is 0 Å². The van der Waals surface area contributed by atoms with Crippen molar-refractivity contribution in [1.82, 2.24) is 10.6 Å². The van der Waals surface area contributed by atoms with Gasteiger partial charge in [0.2, 0.25) is 5.91 Å². The summed E-state index contributed by atoms with van der Waals surface area (Å²) in [7, 11) is 1.87. The van der Waals surface area contributed by atoms with Gasteiger partial charge in [0.15, 0.2) is 0 Å². The molecule has 0 aromatic heterocycles. The van der Waals surface area contributed by atoms with Gasteiger partial charge >= 0.3 is 0 Å². The summed E-state index contributed by atoms with van der Waals surface area (Å²) in [5.41, 5.74) is 2.26. The van der Waals surface area contributed by atoms with Gasteiger partial charge in [-0.1, -0.05) is 24.3 Å². The van der Waals surface area contributed by atoms with E-state index in [0.29, 0.717) is 13.0 Å². The molecule has 0 unspecified atom stereocenters. The number of carbonyl (C=O) groups is 1. The minimum Gasteiger partial charge on any atom is -0.355 e. The molecule has 0 saturated heterocycles. The fourth-order valence-corrected chi connectivity index (χ4v) is 1.37. The van der Waals surface area contributed by atoms with Crippen LogP contribution in [0.1, 0.15) is 11.1 Å². The molecule has 1 aromatic rings. The summed E-state index contributed by atoms with van der Waals surface area (Å²) in [5.74, 6) is 0.0829. The smallest absolute Gasteiger partial charge is 0.224 e. The second kappa shape index (κ2) is 6.19. The lowest BCUT2D eigenvalue weighted by molar-refractivity contribution is -0.120. The van der Waals surface area contributed by atoms with Crippen molar-refractivity contribution >= 4 is 5.91 Å². The van der Waals surface area contributed by atoms with E-state index in [2.05, 4.69) is 10.6 Å². The maximum atomic E-state index is 11.5. The normalized spacial score (nSPS) is 10.0. The first-order valence-electron chi connectivity index (χ1n) is 5.20. The molecule has 2 N–H and O–H groups in total. The van der Waals surface area contributed by atoms with Crippen molar-refractivity contribution in [3.8, 4) is 0 Å². The number of aryl methyl sites for hydroxylation is 1. The Morgan fingerprint density at radius 2 is 2.00 bits per heavy atom. The Balaban J connectivity index is 2.41. The SMILES string of the molecule is CNCCNC(=O)Cc1ccccc1C. The average molecular weight is 206 g/mol. The van der Waals surface area contributed by atoms with E-state index in [1.54, 1.807) is 0 Å². The lowest BCUT2D eigenvalue weighted by atomic mass is 10.1. The van der Waals surface area contributed by atoms with Crippen LogP contribution in [0.4, 0.5) is 0 Å². The highest BCUT2D eigenvalue weighted by Gasteiger charge is 2.03. The monoisotopic (exact) mass is 206 g/mol. The fraction of sp³-hybridized carbons (Fsp3) is 0.417. The van der Waals surface area contributed by atoms with Gasteiger partial charge in [-0.2, -0.15) is 0 Å². The Morgan fingerprint density at radius 1 is 1.27 bits per heavy atom. The zero-order valence-corrected chi connectivity index (χ0v) is 9.34. The summed E-state index contributed by atoms with van der Waals surface area (Å²) >= 11 is 0. The molecule has 0 radical (unpaired) electrons. The molecule has 15 heavy (non-hydrogen) atoms. The minimum atomic E-state index is 0.0829. The number of carbonyl (C=O) groups excluding carboxylic acids is 1. The van der Waals surface area contributed by atoms with Crippen LogP contribution in [-0.4, -0.2) is 26.0 Å². The molecule has 3 heteroatoms. The molecule has 0 aliphatic rings. The van der Waals surface area contributed by atoms with Gasteiger partial charge in [0.25, 0.3) is 0 Å². The third-order valence-corrected chi connectivity index (χ3v) is 2.31. The number of likely N-dealkylation sites (N-methyl/N-ethyl adjacent to an activating group) is 1. The van der Waals surface area contributed by atoms with Gasteiger partial charge in [-0.05, 0) is 25.1 Å². The van der Waals surface area contributed by atoms with E-state index in [1.807, 2.05) is 38.2 Å². The van der Waals surface area contributed by atoms with E-state index in [1.165, 1.54) is 5.56 Å². The van der Waals surface area contributed by atoms with Gasteiger partial charge in [-0.3, -0.25) is 4.79 Å². The number of hydrogen-bond acceptors (Lipinski definition) is 2. The number of hydrogen-bond donors (Lipinski definition) is 2. The quantitative estimate of drug-likeness (QED) is 0.702. The van der Waals surface area contributed by atoms with Gasteiger partial charge in [0.1, 0.15) is 0 Å². The van der Waals surface area contributed by atoms with Crippen molar-refractivity contribution < 1.29 is 4.79 Å². The molecular formula is C12H18N2O. The Labute approximate surface area is 90.9 Å². The highest BCUT2D eigenvalue weighted by molar-refractivity contribution is 5.78. The van der Waals surface area contributed by atoms with E-state index in [0.717, 1.165) is 12.1 Å². The number of rotatable bonds is 5. The van der Waals surface area contributed by atoms with Crippen LogP contribution in [0.25, 0.3) is 0 Å². The largest absolute Gasteiger partial charge is 0.355 e. The maximum Gasteiger partial charge on any atom is 0.224 e. The summed E-state index contributed by atoms with van der Waals surface area (Å²) in [5, 5.41) is 5.84. The molecule has 1 aromatic carbocycles. The number of nitrogens with one attached hydrogen (secondary N) is 2. The molecular weight excluding hydrogens is 188 g/mol. The third-order valence-electron chi connectivity index (χ3n) is 2.31.